The number of aromatic nitrogens is 2. The molecule has 1 aromatic heterocycles. The Morgan fingerprint density at radius 1 is 1.22 bits per heavy atom. The first-order valence-electron chi connectivity index (χ1n) is 6.07. The summed E-state index contributed by atoms with van der Waals surface area (Å²) in [5.41, 5.74) is 0.864. The molecule has 1 aliphatic rings. The topological polar surface area (TPSA) is 59.2 Å². The van der Waals surface area contributed by atoms with Crippen LogP contribution in [0.5, 0.6) is 5.75 Å². The van der Waals surface area contributed by atoms with E-state index in [4.69, 9.17) is 4.52 Å². The third-order valence-electron chi connectivity index (χ3n) is 3.02. The van der Waals surface area contributed by atoms with Gasteiger partial charge in [-0.3, -0.25) is 0 Å². The van der Waals surface area contributed by atoms with E-state index in [1.165, 1.54) is 18.6 Å². The third kappa shape index (κ3) is 2.36. The zero-order chi connectivity index (χ0) is 12.4. The summed E-state index contributed by atoms with van der Waals surface area (Å²) >= 11 is 1.89. The number of aromatic hydroxyl groups is 1. The van der Waals surface area contributed by atoms with Crippen LogP contribution in [-0.4, -0.2) is 21.0 Å². The molecule has 1 unspecified atom stereocenters. The van der Waals surface area contributed by atoms with Crippen molar-refractivity contribution in [2.45, 2.75) is 24.5 Å². The molecule has 0 bridgehead atoms. The van der Waals surface area contributed by atoms with Crippen molar-refractivity contribution in [3.05, 3.63) is 30.2 Å². The highest BCUT2D eigenvalue weighted by atomic mass is 32.2. The number of nitrogens with zero attached hydrogens (tertiary/aromatic N) is 2. The fourth-order valence-electron chi connectivity index (χ4n) is 2.03. The van der Waals surface area contributed by atoms with Gasteiger partial charge in [0.05, 0.1) is 5.25 Å². The first-order valence-corrected chi connectivity index (χ1v) is 7.12. The Labute approximate surface area is 109 Å². The number of rotatable bonds is 2. The third-order valence-corrected chi connectivity index (χ3v) is 4.39. The van der Waals surface area contributed by atoms with E-state index in [2.05, 4.69) is 10.1 Å². The summed E-state index contributed by atoms with van der Waals surface area (Å²) in [5, 5.41) is 13.6. The normalized spacial score (nSPS) is 19.9. The Bertz CT molecular complexity index is 518. The molecule has 0 saturated carbocycles. The Kier molecular flexibility index (Phi) is 3.23. The highest BCUT2D eigenvalue weighted by molar-refractivity contribution is 7.99. The second-order valence-corrected chi connectivity index (χ2v) is 5.67. The molecule has 1 saturated heterocycles. The van der Waals surface area contributed by atoms with Gasteiger partial charge in [-0.1, -0.05) is 11.6 Å². The SMILES string of the molecule is Oc1ccc(-c2noc(C3CCCCS3)n2)cc1. The second kappa shape index (κ2) is 5.02. The van der Waals surface area contributed by atoms with E-state index in [0.29, 0.717) is 11.1 Å². The smallest absolute Gasteiger partial charge is 0.240 e. The molecule has 1 fully saturated rings. The van der Waals surface area contributed by atoms with E-state index < -0.39 is 0 Å². The minimum atomic E-state index is 0.241. The van der Waals surface area contributed by atoms with E-state index in [-0.39, 0.29) is 5.75 Å². The summed E-state index contributed by atoms with van der Waals surface area (Å²) in [6.07, 6.45) is 3.62. The molecule has 0 radical (unpaired) electrons. The summed E-state index contributed by atoms with van der Waals surface area (Å²) in [5.74, 6) is 2.73. The van der Waals surface area contributed by atoms with Crippen LogP contribution in [0.4, 0.5) is 0 Å². The molecule has 1 N–H and O–H groups in total. The molecule has 2 aromatic rings. The average Bonchev–Trinajstić information content (AvgIpc) is 2.90. The van der Waals surface area contributed by atoms with E-state index in [1.807, 2.05) is 11.8 Å². The summed E-state index contributed by atoms with van der Waals surface area (Å²) in [4.78, 5) is 4.45. The van der Waals surface area contributed by atoms with Gasteiger partial charge in [0.15, 0.2) is 0 Å². The molecule has 5 heteroatoms. The molecular formula is C13H14N2O2S. The molecule has 1 atom stereocenters. The molecule has 1 aliphatic heterocycles. The van der Waals surface area contributed by atoms with Crippen LogP contribution in [0.15, 0.2) is 28.8 Å². The maximum Gasteiger partial charge on any atom is 0.240 e. The van der Waals surface area contributed by atoms with Gasteiger partial charge in [0, 0.05) is 5.56 Å². The molecule has 4 nitrogen and oxygen atoms in total. The van der Waals surface area contributed by atoms with Crippen molar-refractivity contribution < 1.29 is 9.63 Å². The molecule has 1 aromatic carbocycles. The molecule has 0 spiro atoms. The standard InChI is InChI=1S/C13H14N2O2S/c16-10-6-4-9(5-7-10)12-14-13(17-15-12)11-3-1-2-8-18-11/h4-7,11,16H,1-3,8H2. The lowest BCUT2D eigenvalue weighted by molar-refractivity contribution is 0.370. The Morgan fingerprint density at radius 2 is 2.06 bits per heavy atom. The fraction of sp³-hybridized carbons (Fsp3) is 0.385. The second-order valence-electron chi connectivity index (χ2n) is 4.36. The molecule has 2 heterocycles. The maximum absolute atomic E-state index is 9.25. The predicted molar refractivity (Wildman–Crippen MR) is 70.4 cm³/mol. The maximum atomic E-state index is 9.25. The van der Waals surface area contributed by atoms with Crippen molar-refractivity contribution in [3.63, 3.8) is 0 Å². The van der Waals surface area contributed by atoms with Gasteiger partial charge in [0.25, 0.3) is 0 Å². The largest absolute Gasteiger partial charge is 0.508 e. The zero-order valence-corrected chi connectivity index (χ0v) is 10.7. The number of thioether (sulfide) groups is 1. The van der Waals surface area contributed by atoms with Crippen LogP contribution >= 0.6 is 11.8 Å². The lowest BCUT2D eigenvalue weighted by Gasteiger charge is -2.16. The molecule has 0 amide bonds. The van der Waals surface area contributed by atoms with Crippen LogP contribution in [0, 0.1) is 0 Å². The number of hydrogen-bond acceptors (Lipinski definition) is 5. The number of benzene rings is 1. The van der Waals surface area contributed by atoms with E-state index in [1.54, 1.807) is 24.3 Å². The average molecular weight is 262 g/mol. The van der Waals surface area contributed by atoms with Crippen LogP contribution in [0.2, 0.25) is 0 Å². The lowest BCUT2D eigenvalue weighted by atomic mass is 10.2. The first-order chi connectivity index (χ1) is 8.83. The van der Waals surface area contributed by atoms with Gasteiger partial charge >= 0.3 is 0 Å². The quantitative estimate of drug-likeness (QED) is 0.898. The van der Waals surface area contributed by atoms with Crippen LogP contribution in [0.1, 0.15) is 30.4 Å². The number of hydrogen-bond donors (Lipinski definition) is 1. The van der Waals surface area contributed by atoms with Crippen LogP contribution in [0.25, 0.3) is 11.4 Å². The Balaban J connectivity index is 1.82. The highest BCUT2D eigenvalue weighted by Crippen LogP contribution is 2.37. The van der Waals surface area contributed by atoms with E-state index in [9.17, 15) is 5.11 Å². The van der Waals surface area contributed by atoms with Gasteiger partial charge in [-0.25, -0.2) is 0 Å². The van der Waals surface area contributed by atoms with Gasteiger partial charge in [-0.2, -0.15) is 4.98 Å². The molecule has 94 valence electrons. The van der Waals surface area contributed by atoms with Crippen LogP contribution in [0.3, 0.4) is 0 Å². The molecular weight excluding hydrogens is 248 g/mol. The van der Waals surface area contributed by atoms with E-state index >= 15 is 0 Å². The number of phenolic OH excluding ortho intramolecular Hbond substituents is 1. The van der Waals surface area contributed by atoms with Crippen molar-refractivity contribution in [1.82, 2.24) is 10.1 Å². The van der Waals surface area contributed by atoms with E-state index in [0.717, 1.165) is 17.9 Å². The van der Waals surface area contributed by atoms with Crippen LogP contribution in [-0.2, 0) is 0 Å². The predicted octanol–water partition coefficient (Wildman–Crippen LogP) is 3.40. The Morgan fingerprint density at radius 3 is 2.78 bits per heavy atom. The van der Waals surface area contributed by atoms with Crippen LogP contribution < -0.4 is 0 Å². The molecule has 3 rings (SSSR count). The van der Waals surface area contributed by atoms with Crippen molar-refractivity contribution in [2.24, 2.45) is 0 Å². The zero-order valence-electron chi connectivity index (χ0n) is 9.87. The minimum Gasteiger partial charge on any atom is -0.508 e. The summed E-state index contributed by atoms with van der Waals surface area (Å²) < 4.78 is 5.34. The summed E-state index contributed by atoms with van der Waals surface area (Å²) in [6.45, 7) is 0. The Hall–Kier alpha value is -1.49. The van der Waals surface area contributed by atoms with Crippen molar-refractivity contribution in [1.29, 1.82) is 0 Å². The van der Waals surface area contributed by atoms with Crippen molar-refractivity contribution in [2.75, 3.05) is 5.75 Å². The van der Waals surface area contributed by atoms with Crippen molar-refractivity contribution >= 4 is 11.8 Å². The summed E-state index contributed by atoms with van der Waals surface area (Å²) in [6, 6.07) is 6.83. The fourth-order valence-corrected chi connectivity index (χ4v) is 3.26. The molecule has 0 aliphatic carbocycles. The highest BCUT2D eigenvalue weighted by Gasteiger charge is 2.22. The molecule has 18 heavy (non-hydrogen) atoms. The lowest BCUT2D eigenvalue weighted by Crippen LogP contribution is -2.02. The van der Waals surface area contributed by atoms with Gasteiger partial charge < -0.3 is 9.63 Å². The van der Waals surface area contributed by atoms with Gasteiger partial charge in [-0.05, 0) is 42.9 Å². The van der Waals surface area contributed by atoms with Gasteiger partial charge in [-0.15, -0.1) is 11.8 Å². The monoisotopic (exact) mass is 262 g/mol. The van der Waals surface area contributed by atoms with Gasteiger partial charge in [0.1, 0.15) is 5.75 Å². The number of phenols is 1. The van der Waals surface area contributed by atoms with Crippen molar-refractivity contribution in [3.8, 4) is 17.1 Å². The minimum absolute atomic E-state index is 0.241. The summed E-state index contributed by atoms with van der Waals surface area (Å²) in [7, 11) is 0. The first kappa shape index (κ1) is 11.6. The van der Waals surface area contributed by atoms with Gasteiger partial charge in [0.2, 0.25) is 11.7 Å².